The lowest BCUT2D eigenvalue weighted by Gasteiger charge is -2.08. The molecule has 1 heterocycles. The lowest BCUT2D eigenvalue weighted by atomic mass is 10.0. The van der Waals surface area contributed by atoms with Gasteiger partial charge in [-0.1, -0.05) is 19.1 Å². The number of nitrogens with one attached hydrogen (secondary N) is 1. The molecule has 1 atom stereocenters. The average molecular weight is 396 g/mol. The number of carbonyl (C=O) groups is 2. The summed E-state index contributed by atoms with van der Waals surface area (Å²) in [7, 11) is 0. The second-order valence-electron chi connectivity index (χ2n) is 5.42. The van der Waals surface area contributed by atoms with E-state index < -0.39 is 11.9 Å². The molecule has 0 radical (unpaired) electrons. The minimum atomic E-state index is -0.803. The summed E-state index contributed by atoms with van der Waals surface area (Å²) < 4.78 is 1.05. The topological polar surface area (TPSA) is 66.4 Å². The minimum absolute atomic E-state index is 0.0267. The zero-order chi connectivity index (χ0) is 16.8. The number of benzene rings is 1. The number of aryl methyl sites for hydroxylation is 1. The van der Waals surface area contributed by atoms with Crippen LogP contribution in [0, 0.1) is 5.92 Å². The van der Waals surface area contributed by atoms with Crippen LogP contribution < -0.4 is 5.32 Å². The number of carboxylic acid groups (broad SMARTS) is 1. The normalized spacial score (nSPS) is 11.9. The molecule has 0 fully saturated rings. The summed E-state index contributed by atoms with van der Waals surface area (Å²) in [4.78, 5) is 24.0. The van der Waals surface area contributed by atoms with Crippen LogP contribution in [0.15, 0.2) is 40.2 Å². The van der Waals surface area contributed by atoms with Gasteiger partial charge >= 0.3 is 5.97 Å². The maximum absolute atomic E-state index is 11.9. The summed E-state index contributed by atoms with van der Waals surface area (Å²) in [5.41, 5.74) is 1.68. The first-order valence-electron chi connectivity index (χ1n) is 7.28. The van der Waals surface area contributed by atoms with Gasteiger partial charge in [-0.05, 0) is 52.5 Å². The molecule has 6 heteroatoms. The number of aliphatic carboxylic acids is 1. The number of rotatable bonds is 7. The predicted octanol–water partition coefficient (Wildman–Crippen LogP) is 4.35. The Kier molecular flexibility index (Phi) is 6.36. The van der Waals surface area contributed by atoms with E-state index in [0.717, 1.165) is 22.1 Å². The van der Waals surface area contributed by atoms with Crippen LogP contribution in [0.1, 0.15) is 23.8 Å². The van der Waals surface area contributed by atoms with Crippen LogP contribution in [0.5, 0.6) is 0 Å². The van der Waals surface area contributed by atoms with Gasteiger partial charge in [-0.25, -0.2) is 0 Å². The molecule has 0 bridgehead atoms. The van der Waals surface area contributed by atoms with Crippen molar-refractivity contribution in [2.75, 3.05) is 5.32 Å². The standard InChI is InChI=1S/C17H18BrNO3S/c1-11(17(21)22)8-12-2-4-14(5-3-12)19-16(20)7-6-15-9-13(18)10-23-15/h2-5,9-11H,6-8H2,1H3,(H,19,20)(H,21,22). The van der Waals surface area contributed by atoms with Gasteiger partial charge in [0.15, 0.2) is 0 Å². The Hall–Kier alpha value is -1.66. The van der Waals surface area contributed by atoms with Gasteiger partial charge in [0, 0.05) is 26.8 Å². The fourth-order valence-electron chi connectivity index (χ4n) is 2.11. The van der Waals surface area contributed by atoms with Gasteiger partial charge in [0.25, 0.3) is 0 Å². The Morgan fingerprint density at radius 3 is 2.57 bits per heavy atom. The summed E-state index contributed by atoms with van der Waals surface area (Å²) in [5.74, 6) is -1.25. The molecule has 0 saturated carbocycles. The van der Waals surface area contributed by atoms with E-state index in [9.17, 15) is 9.59 Å². The number of carbonyl (C=O) groups excluding carboxylic acids is 1. The number of hydrogen-bond acceptors (Lipinski definition) is 3. The number of anilines is 1. The lowest BCUT2D eigenvalue weighted by Crippen LogP contribution is -2.13. The molecule has 0 saturated heterocycles. The van der Waals surface area contributed by atoms with E-state index in [2.05, 4.69) is 21.2 Å². The Labute approximate surface area is 147 Å². The van der Waals surface area contributed by atoms with Crippen LogP contribution in [0.4, 0.5) is 5.69 Å². The molecular weight excluding hydrogens is 378 g/mol. The quantitative estimate of drug-likeness (QED) is 0.732. The number of hydrogen-bond donors (Lipinski definition) is 2. The van der Waals surface area contributed by atoms with Crippen LogP contribution in [0.2, 0.25) is 0 Å². The highest BCUT2D eigenvalue weighted by molar-refractivity contribution is 9.10. The molecule has 122 valence electrons. The van der Waals surface area contributed by atoms with Crippen molar-refractivity contribution in [2.24, 2.45) is 5.92 Å². The molecule has 2 aromatic rings. The molecule has 1 aromatic carbocycles. The monoisotopic (exact) mass is 395 g/mol. The number of thiophene rings is 1. The molecule has 0 spiro atoms. The minimum Gasteiger partial charge on any atom is -0.481 e. The van der Waals surface area contributed by atoms with Crippen molar-refractivity contribution in [1.82, 2.24) is 0 Å². The second-order valence-corrected chi connectivity index (χ2v) is 7.33. The molecule has 2 rings (SSSR count). The third kappa shape index (κ3) is 5.80. The third-order valence-electron chi connectivity index (χ3n) is 3.42. The van der Waals surface area contributed by atoms with E-state index in [1.54, 1.807) is 18.3 Å². The summed E-state index contributed by atoms with van der Waals surface area (Å²) in [5, 5.41) is 13.8. The fourth-order valence-corrected chi connectivity index (χ4v) is 3.57. The van der Waals surface area contributed by atoms with Crippen LogP contribution in [-0.2, 0) is 22.4 Å². The largest absolute Gasteiger partial charge is 0.481 e. The van der Waals surface area contributed by atoms with Gasteiger partial charge in [-0.3, -0.25) is 9.59 Å². The smallest absolute Gasteiger partial charge is 0.306 e. The molecule has 1 amide bonds. The van der Waals surface area contributed by atoms with Crippen LogP contribution in [0.25, 0.3) is 0 Å². The van der Waals surface area contributed by atoms with E-state index in [4.69, 9.17) is 5.11 Å². The van der Waals surface area contributed by atoms with Gasteiger partial charge in [0.05, 0.1) is 5.92 Å². The van der Waals surface area contributed by atoms with Gasteiger partial charge in [0.2, 0.25) is 5.91 Å². The van der Waals surface area contributed by atoms with Gasteiger partial charge in [-0.2, -0.15) is 0 Å². The highest BCUT2D eigenvalue weighted by atomic mass is 79.9. The van der Waals surface area contributed by atoms with Crippen LogP contribution in [-0.4, -0.2) is 17.0 Å². The van der Waals surface area contributed by atoms with Crippen molar-refractivity contribution in [2.45, 2.75) is 26.2 Å². The summed E-state index contributed by atoms with van der Waals surface area (Å²) >= 11 is 5.03. The molecule has 0 aliphatic carbocycles. The first-order chi connectivity index (χ1) is 10.9. The van der Waals surface area contributed by atoms with Crippen molar-refractivity contribution in [1.29, 1.82) is 0 Å². The van der Waals surface area contributed by atoms with E-state index in [0.29, 0.717) is 12.8 Å². The molecule has 2 N–H and O–H groups in total. The Balaban J connectivity index is 1.82. The Morgan fingerprint density at radius 1 is 1.30 bits per heavy atom. The van der Waals surface area contributed by atoms with Crippen molar-refractivity contribution in [3.05, 3.63) is 50.6 Å². The molecule has 0 aliphatic rings. The summed E-state index contributed by atoms with van der Waals surface area (Å²) in [6.07, 6.45) is 1.64. The highest BCUT2D eigenvalue weighted by Gasteiger charge is 2.11. The fraction of sp³-hybridized carbons (Fsp3) is 0.294. The van der Waals surface area contributed by atoms with E-state index >= 15 is 0 Å². The maximum atomic E-state index is 11.9. The molecule has 1 unspecified atom stereocenters. The van der Waals surface area contributed by atoms with Gasteiger partial charge < -0.3 is 10.4 Å². The van der Waals surface area contributed by atoms with E-state index in [1.165, 1.54) is 4.88 Å². The Bertz CT molecular complexity index is 681. The number of halogens is 1. The molecule has 23 heavy (non-hydrogen) atoms. The van der Waals surface area contributed by atoms with Crippen molar-refractivity contribution in [3.8, 4) is 0 Å². The van der Waals surface area contributed by atoms with E-state index in [1.807, 2.05) is 35.7 Å². The zero-order valence-electron chi connectivity index (χ0n) is 12.7. The molecule has 0 aliphatic heterocycles. The predicted molar refractivity (Wildman–Crippen MR) is 95.9 cm³/mol. The number of carboxylic acids is 1. The lowest BCUT2D eigenvalue weighted by molar-refractivity contribution is -0.141. The van der Waals surface area contributed by atoms with Crippen molar-refractivity contribution >= 4 is 44.8 Å². The van der Waals surface area contributed by atoms with Gasteiger partial charge in [-0.15, -0.1) is 11.3 Å². The SMILES string of the molecule is CC(Cc1ccc(NC(=O)CCc2cc(Br)cs2)cc1)C(=O)O. The number of amides is 1. The third-order valence-corrected chi connectivity index (χ3v) is 5.18. The maximum Gasteiger partial charge on any atom is 0.306 e. The highest BCUT2D eigenvalue weighted by Crippen LogP contribution is 2.21. The zero-order valence-corrected chi connectivity index (χ0v) is 15.1. The van der Waals surface area contributed by atoms with Crippen LogP contribution >= 0.6 is 27.3 Å². The van der Waals surface area contributed by atoms with Gasteiger partial charge in [0.1, 0.15) is 0 Å². The first kappa shape index (κ1) is 17.7. The molecular formula is C17H18BrNO3S. The van der Waals surface area contributed by atoms with Crippen molar-refractivity contribution in [3.63, 3.8) is 0 Å². The average Bonchev–Trinajstić information content (AvgIpc) is 2.92. The summed E-state index contributed by atoms with van der Waals surface area (Å²) in [6, 6.07) is 9.35. The van der Waals surface area contributed by atoms with Crippen LogP contribution in [0.3, 0.4) is 0 Å². The summed E-state index contributed by atoms with van der Waals surface area (Å²) in [6.45, 7) is 1.68. The molecule has 4 nitrogen and oxygen atoms in total. The second kappa shape index (κ2) is 8.26. The van der Waals surface area contributed by atoms with Crippen molar-refractivity contribution < 1.29 is 14.7 Å². The Morgan fingerprint density at radius 2 is 2.00 bits per heavy atom. The molecule has 1 aromatic heterocycles. The van der Waals surface area contributed by atoms with E-state index in [-0.39, 0.29) is 5.91 Å². The first-order valence-corrected chi connectivity index (χ1v) is 8.96.